The van der Waals surface area contributed by atoms with Crippen molar-refractivity contribution in [1.29, 1.82) is 0 Å². The third kappa shape index (κ3) is 4.77. The number of urea groups is 1. The van der Waals surface area contributed by atoms with Gasteiger partial charge in [0.15, 0.2) is 0 Å². The van der Waals surface area contributed by atoms with Crippen molar-refractivity contribution < 1.29 is 14.7 Å². The van der Waals surface area contributed by atoms with Gasteiger partial charge in [-0.3, -0.25) is 4.79 Å². The summed E-state index contributed by atoms with van der Waals surface area (Å²) in [5.74, 6) is -1.00. The highest BCUT2D eigenvalue weighted by Crippen LogP contribution is 2.23. The fourth-order valence-corrected chi connectivity index (χ4v) is 2.27. The molecule has 2 N–H and O–H groups in total. The zero-order valence-corrected chi connectivity index (χ0v) is 13.0. The van der Waals surface area contributed by atoms with Crippen molar-refractivity contribution in [2.45, 2.75) is 40.0 Å². The molecule has 0 atom stereocenters. The number of nitrogens with zero attached hydrogens (tertiary/aromatic N) is 1. The molecule has 5 nitrogen and oxygen atoms in total. The molecule has 0 aliphatic heterocycles. The SMILES string of the molecule is CCCN(CC(=O)O)C(=O)Nc1c(CC)cccc1CC. The fraction of sp³-hybridized carbons (Fsp3) is 0.500. The van der Waals surface area contributed by atoms with Gasteiger partial charge in [0, 0.05) is 12.2 Å². The number of rotatable bonds is 7. The Morgan fingerprint density at radius 1 is 1.14 bits per heavy atom. The average molecular weight is 292 g/mol. The summed E-state index contributed by atoms with van der Waals surface area (Å²) >= 11 is 0. The zero-order valence-electron chi connectivity index (χ0n) is 13.0. The van der Waals surface area contributed by atoms with E-state index >= 15 is 0 Å². The molecule has 0 aliphatic rings. The Kier molecular flexibility index (Phi) is 6.72. The van der Waals surface area contributed by atoms with Crippen molar-refractivity contribution in [3.8, 4) is 0 Å². The number of hydrogen-bond donors (Lipinski definition) is 2. The van der Waals surface area contributed by atoms with Crippen LogP contribution in [0.2, 0.25) is 0 Å². The number of carbonyl (C=O) groups is 2. The molecule has 0 aromatic heterocycles. The van der Waals surface area contributed by atoms with Crippen molar-refractivity contribution >= 4 is 17.7 Å². The van der Waals surface area contributed by atoms with Gasteiger partial charge in [-0.1, -0.05) is 39.0 Å². The van der Waals surface area contributed by atoms with Gasteiger partial charge in [0.25, 0.3) is 0 Å². The molecule has 0 heterocycles. The maximum Gasteiger partial charge on any atom is 0.323 e. The van der Waals surface area contributed by atoms with Crippen molar-refractivity contribution in [2.75, 3.05) is 18.4 Å². The summed E-state index contributed by atoms with van der Waals surface area (Å²) in [7, 11) is 0. The van der Waals surface area contributed by atoms with Gasteiger partial charge in [-0.05, 0) is 30.4 Å². The lowest BCUT2D eigenvalue weighted by atomic mass is 10.0. The van der Waals surface area contributed by atoms with E-state index in [4.69, 9.17) is 5.11 Å². The van der Waals surface area contributed by atoms with E-state index in [0.717, 1.165) is 36.1 Å². The Labute approximate surface area is 126 Å². The third-order valence-corrected chi connectivity index (χ3v) is 3.34. The summed E-state index contributed by atoms with van der Waals surface area (Å²) in [6, 6.07) is 5.59. The molecule has 0 fully saturated rings. The number of anilines is 1. The van der Waals surface area contributed by atoms with Crippen LogP contribution in [0.4, 0.5) is 10.5 Å². The lowest BCUT2D eigenvalue weighted by molar-refractivity contribution is -0.137. The topological polar surface area (TPSA) is 69.6 Å². The first-order chi connectivity index (χ1) is 10.0. The summed E-state index contributed by atoms with van der Waals surface area (Å²) in [5, 5.41) is 11.8. The van der Waals surface area contributed by atoms with Crippen molar-refractivity contribution in [1.82, 2.24) is 4.90 Å². The molecule has 1 aromatic carbocycles. The van der Waals surface area contributed by atoms with Gasteiger partial charge in [-0.15, -0.1) is 0 Å². The van der Waals surface area contributed by atoms with E-state index < -0.39 is 5.97 Å². The first-order valence-electron chi connectivity index (χ1n) is 7.41. The van der Waals surface area contributed by atoms with Crippen LogP contribution in [0.25, 0.3) is 0 Å². The number of aryl methyl sites for hydroxylation is 2. The normalized spacial score (nSPS) is 10.2. The summed E-state index contributed by atoms with van der Waals surface area (Å²) in [6.45, 7) is 6.12. The Balaban J connectivity index is 2.97. The molecule has 21 heavy (non-hydrogen) atoms. The molecular formula is C16H24N2O3. The molecule has 5 heteroatoms. The third-order valence-electron chi connectivity index (χ3n) is 3.34. The van der Waals surface area contributed by atoms with Crippen molar-refractivity contribution in [3.05, 3.63) is 29.3 Å². The lowest BCUT2D eigenvalue weighted by Crippen LogP contribution is -2.39. The van der Waals surface area contributed by atoms with E-state index in [9.17, 15) is 9.59 Å². The van der Waals surface area contributed by atoms with E-state index in [-0.39, 0.29) is 12.6 Å². The van der Waals surface area contributed by atoms with Crippen LogP contribution in [0.1, 0.15) is 38.3 Å². The standard InChI is InChI=1S/C16H24N2O3/c1-4-10-18(11-14(19)20)16(21)17-15-12(5-2)8-7-9-13(15)6-3/h7-9H,4-6,10-11H2,1-3H3,(H,17,21)(H,19,20). The van der Waals surface area contributed by atoms with E-state index in [1.807, 2.05) is 39.0 Å². The Bertz CT molecular complexity index is 478. The Morgan fingerprint density at radius 3 is 2.14 bits per heavy atom. The first-order valence-corrected chi connectivity index (χ1v) is 7.41. The second-order valence-electron chi connectivity index (χ2n) is 4.90. The van der Waals surface area contributed by atoms with Crippen LogP contribution in [-0.4, -0.2) is 35.1 Å². The zero-order chi connectivity index (χ0) is 15.8. The van der Waals surface area contributed by atoms with Crippen molar-refractivity contribution in [3.63, 3.8) is 0 Å². The molecule has 0 bridgehead atoms. The van der Waals surface area contributed by atoms with Crippen LogP contribution < -0.4 is 5.32 Å². The molecule has 1 aromatic rings. The van der Waals surface area contributed by atoms with E-state index in [2.05, 4.69) is 5.32 Å². The number of benzene rings is 1. The van der Waals surface area contributed by atoms with Crippen LogP contribution in [0.5, 0.6) is 0 Å². The number of carboxylic acids is 1. The molecule has 0 radical (unpaired) electrons. The number of nitrogens with one attached hydrogen (secondary N) is 1. The average Bonchev–Trinajstić information content (AvgIpc) is 2.46. The minimum Gasteiger partial charge on any atom is -0.480 e. The lowest BCUT2D eigenvalue weighted by Gasteiger charge is -2.22. The number of amides is 2. The molecule has 1 rings (SSSR count). The molecule has 0 saturated carbocycles. The highest BCUT2D eigenvalue weighted by Gasteiger charge is 2.18. The number of hydrogen-bond acceptors (Lipinski definition) is 2. The predicted octanol–water partition coefficient (Wildman–Crippen LogP) is 3.14. The van der Waals surface area contributed by atoms with Gasteiger partial charge in [0.1, 0.15) is 6.54 Å². The molecular weight excluding hydrogens is 268 g/mol. The van der Waals surface area contributed by atoms with Crippen LogP contribution in [-0.2, 0) is 17.6 Å². The maximum atomic E-state index is 12.3. The summed E-state index contributed by atoms with van der Waals surface area (Å²) in [5.41, 5.74) is 2.95. The van der Waals surface area contributed by atoms with Crippen LogP contribution in [0, 0.1) is 0 Å². The number of carboxylic acid groups (broad SMARTS) is 1. The summed E-state index contributed by atoms with van der Waals surface area (Å²) in [6.07, 6.45) is 2.35. The van der Waals surface area contributed by atoms with Crippen molar-refractivity contribution in [2.24, 2.45) is 0 Å². The molecule has 0 aliphatic carbocycles. The molecule has 116 valence electrons. The monoisotopic (exact) mass is 292 g/mol. The molecule has 0 saturated heterocycles. The van der Waals surface area contributed by atoms with E-state index in [0.29, 0.717) is 6.54 Å². The smallest absolute Gasteiger partial charge is 0.323 e. The second-order valence-corrected chi connectivity index (χ2v) is 4.90. The molecule has 0 unspecified atom stereocenters. The van der Waals surface area contributed by atoms with Gasteiger partial charge in [0.2, 0.25) is 0 Å². The summed E-state index contributed by atoms with van der Waals surface area (Å²) in [4.78, 5) is 24.5. The molecule has 0 spiro atoms. The van der Waals surface area contributed by atoms with Gasteiger partial charge in [0.05, 0.1) is 0 Å². The number of carbonyl (C=O) groups excluding carboxylic acids is 1. The Hall–Kier alpha value is -2.04. The fourth-order valence-electron chi connectivity index (χ4n) is 2.27. The van der Waals surface area contributed by atoms with Crippen LogP contribution in [0.3, 0.4) is 0 Å². The van der Waals surface area contributed by atoms with Crippen LogP contribution in [0.15, 0.2) is 18.2 Å². The highest BCUT2D eigenvalue weighted by atomic mass is 16.4. The minimum absolute atomic E-state index is 0.282. The van der Waals surface area contributed by atoms with Gasteiger partial charge in [-0.2, -0.15) is 0 Å². The maximum absolute atomic E-state index is 12.3. The molecule has 2 amide bonds. The van der Waals surface area contributed by atoms with Gasteiger partial charge in [-0.25, -0.2) is 4.79 Å². The van der Waals surface area contributed by atoms with E-state index in [1.165, 1.54) is 4.90 Å². The van der Waals surface area contributed by atoms with Gasteiger partial charge >= 0.3 is 12.0 Å². The first kappa shape index (κ1) is 17.0. The largest absolute Gasteiger partial charge is 0.480 e. The van der Waals surface area contributed by atoms with Crippen LogP contribution >= 0.6 is 0 Å². The quantitative estimate of drug-likeness (QED) is 0.811. The predicted molar refractivity (Wildman–Crippen MR) is 83.7 cm³/mol. The van der Waals surface area contributed by atoms with E-state index in [1.54, 1.807) is 0 Å². The number of aliphatic carboxylic acids is 1. The summed E-state index contributed by atoms with van der Waals surface area (Å²) < 4.78 is 0. The highest BCUT2D eigenvalue weighted by molar-refractivity contribution is 5.92. The second kappa shape index (κ2) is 8.29. The minimum atomic E-state index is -1.00. The Morgan fingerprint density at radius 2 is 1.71 bits per heavy atom. The van der Waals surface area contributed by atoms with Gasteiger partial charge < -0.3 is 15.3 Å². The number of para-hydroxylation sites is 1.